The van der Waals surface area contributed by atoms with Crippen molar-refractivity contribution in [2.75, 3.05) is 0 Å². The highest BCUT2D eigenvalue weighted by molar-refractivity contribution is 5.93. The number of fused-ring (bicyclic) bond motifs is 2. The van der Waals surface area contributed by atoms with Crippen LogP contribution in [0.15, 0.2) is 23.5 Å². The quantitative estimate of drug-likeness (QED) is 0.534. The zero-order chi connectivity index (χ0) is 13.8. The number of ether oxygens (including phenoxy) is 4. The maximum atomic E-state index is 11.9. The molecule has 0 aromatic rings. The van der Waals surface area contributed by atoms with Gasteiger partial charge >= 0.3 is 5.97 Å². The van der Waals surface area contributed by atoms with Crippen LogP contribution in [-0.2, 0) is 23.7 Å². The minimum absolute atomic E-state index is 0.257. The van der Waals surface area contributed by atoms with E-state index in [9.17, 15) is 4.79 Å². The predicted molar refractivity (Wildman–Crippen MR) is 66.1 cm³/mol. The lowest BCUT2D eigenvalue weighted by atomic mass is 9.97. The average molecular weight is 266 g/mol. The lowest BCUT2D eigenvalue weighted by Crippen LogP contribution is -2.41. The summed E-state index contributed by atoms with van der Waals surface area (Å²) < 4.78 is 22.8. The number of rotatable bonds is 1. The van der Waals surface area contributed by atoms with Crippen molar-refractivity contribution in [3.63, 3.8) is 0 Å². The first-order valence-corrected chi connectivity index (χ1v) is 6.53. The van der Waals surface area contributed by atoms with E-state index in [4.69, 9.17) is 18.9 Å². The van der Waals surface area contributed by atoms with Crippen LogP contribution in [0, 0.1) is 0 Å². The van der Waals surface area contributed by atoms with Crippen molar-refractivity contribution >= 4 is 5.97 Å². The highest BCUT2D eigenvalue weighted by Crippen LogP contribution is 2.43. The molecule has 0 saturated carbocycles. The van der Waals surface area contributed by atoms with E-state index in [0.29, 0.717) is 11.3 Å². The molecule has 0 amide bonds. The molecule has 4 atom stereocenters. The molecule has 0 unspecified atom stereocenters. The highest BCUT2D eigenvalue weighted by Gasteiger charge is 2.54. The summed E-state index contributed by atoms with van der Waals surface area (Å²) in [6, 6.07) is 0. The first-order valence-electron chi connectivity index (χ1n) is 6.53. The van der Waals surface area contributed by atoms with Gasteiger partial charge in [0, 0.05) is 13.8 Å². The normalized spacial score (nSPS) is 40.1. The van der Waals surface area contributed by atoms with Gasteiger partial charge in [-0.2, -0.15) is 0 Å². The fraction of sp³-hybridized carbons (Fsp3) is 0.643. The zero-order valence-electron chi connectivity index (χ0n) is 11.5. The average Bonchev–Trinajstić information content (AvgIpc) is 2.76. The number of hydrogen-bond acceptors (Lipinski definition) is 5. The summed E-state index contributed by atoms with van der Waals surface area (Å²) >= 11 is 0. The second kappa shape index (κ2) is 4.08. The molecule has 0 aromatic heterocycles. The molecule has 0 radical (unpaired) electrons. The van der Waals surface area contributed by atoms with Crippen LogP contribution in [0.5, 0.6) is 0 Å². The molecule has 5 heteroatoms. The first-order chi connectivity index (χ1) is 8.93. The predicted octanol–water partition coefficient (Wildman–Crippen LogP) is 1.68. The molecule has 3 heterocycles. The van der Waals surface area contributed by atoms with Crippen molar-refractivity contribution in [1.29, 1.82) is 0 Å². The van der Waals surface area contributed by atoms with Crippen LogP contribution in [0.1, 0.15) is 27.7 Å². The number of hydrogen-bond donors (Lipinski definition) is 0. The lowest BCUT2D eigenvalue weighted by Gasteiger charge is -2.29. The summed E-state index contributed by atoms with van der Waals surface area (Å²) in [5, 5.41) is 0. The molecule has 0 spiro atoms. The molecule has 3 rings (SSSR count). The van der Waals surface area contributed by atoms with Crippen molar-refractivity contribution in [3.05, 3.63) is 23.5 Å². The fourth-order valence-electron chi connectivity index (χ4n) is 2.77. The molecule has 19 heavy (non-hydrogen) atoms. The van der Waals surface area contributed by atoms with Crippen LogP contribution in [0.2, 0.25) is 0 Å². The third-order valence-electron chi connectivity index (χ3n) is 3.50. The maximum Gasteiger partial charge on any atom is 0.340 e. The second-order valence-corrected chi connectivity index (χ2v) is 5.48. The number of esters is 1. The van der Waals surface area contributed by atoms with Crippen molar-refractivity contribution in [3.8, 4) is 0 Å². The molecule has 3 aliphatic rings. The fourth-order valence-corrected chi connectivity index (χ4v) is 2.77. The molecule has 5 nitrogen and oxygen atoms in total. The van der Waals surface area contributed by atoms with Gasteiger partial charge in [0.2, 0.25) is 5.79 Å². The third-order valence-corrected chi connectivity index (χ3v) is 3.50. The van der Waals surface area contributed by atoms with Gasteiger partial charge in [0.05, 0.1) is 0 Å². The number of cyclic esters (lactones) is 1. The monoisotopic (exact) mass is 266 g/mol. The van der Waals surface area contributed by atoms with Crippen molar-refractivity contribution in [2.45, 2.75) is 57.9 Å². The Morgan fingerprint density at radius 2 is 2.00 bits per heavy atom. The van der Waals surface area contributed by atoms with E-state index >= 15 is 0 Å². The summed E-state index contributed by atoms with van der Waals surface area (Å²) in [4.78, 5) is 11.9. The van der Waals surface area contributed by atoms with Gasteiger partial charge in [-0.15, -0.1) is 0 Å². The van der Waals surface area contributed by atoms with Crippen LogP contribution in [0.4, 0.5) is 0 Å². The van der Waals surface area contributed by atoms with Crippen molar-refractivity contribution in [2.24, 2.45) is 0 Å². The van der Waals surface area contributed by atoms with Crippen molar-refractivity contribution < 1.29 is 23.7 Å². The molecule has 0 aliphatic carbocycles. The number of allylic oxidation sites excluding steroid dienone is 1. The Labute approximate surface area is 112 Å². The summed E-state index contributed by atoms with van der Waals surface area (Å²) in [5.41, 5.74) is 0.476. The Bertz CT molecular complexity index is 476. The minimum atomic E-state index is -0.753. The van der Waals surface area contributed by atoms with Gasteiger partial charge in [-0.3, -0.25) is 0 Å². The van der Waals surface area contributed by atoms with Gasteiger partial charge < -0.3 is 18.9 Å². The Morgan fingerprint density at radius 3 is 2.68 bits per heavy atom. The van der Waals surface area contributed by atoms with E-state index in [1.54, 1.807) is 0 Å². The number of carbonyl (C=O) groups is 1. The van der Waals surface area contributed by atoms with Crippen molar-refractivity contribution in [1.82, 2.24) is 0 Å². The first kappa shape index (κ1) is 12.7. The van der Waals surface area contributed by atoms with E-state index < -0.39 is 5.79 Å². The molecule has 2 saturated heterocycles. The van der Waals surface area contributed by atoms with E-state index in [0.717, 1.165) is 0 Å². The number of carbonyl (C=O) groups excluding carboxylic acids is 1. The largest absolute Gasteiger partial charge is 0.464 e. The van der Waals surface area contributed by atoms with Crippen LogP contribution in [0.3, 0.4) is 0 Å². The smallest absolute Gasteiger partial charge is 0.340 e. The molecule has 3 aliphatic heterocycles. The molecular formula is C14H18O5. The molecule has 0 bridgehead atoms. The topological polar surface area (TPSA) is 54.0 Å². The van der Waals surface area contributed by atoms with Gasteiger partial charge in [0.25, 0.3) is 0 Å². The van der Waals surface area contributed by atoms with Crippen LogP contribution >= 0.6 is 0 Å². The molecule has 2 fully saturated rings. The lowest BCUT2D eigenvalue weighted by molar-refractivity contribution is -0.154. The van der Waals surface area contributed by atoms with Gasteiger partial charge in [-0.25, -0.2) is 4.79 Å². The van der Waals surface area contributed by atoms with Gasteiger partial charge in [-0.1, -0.05) is 12.2 Å². The molecular weight excluding hydrogens is 248 g/mol. The van der Waals surface area contributed by atoms with Crippen LogP contribution in [0.25, 0.3) is 0 Å². The summed E-state index contributed by atoms with van der Waals surface area (Å²) in [5.74, 6) is -0.548. The van der Waals surface area contributed by atoms with E-state index in [-0.39, 0.29) is 30.4 Å². The maximum absolute atomic E-state index is 11.9. The highest BCUT2D eigenvalue weighted by atomic mass is 16.8. The zero-order valence-corrected chi connectivity index (χ0v) is 11.5. The summed E-state index contributed by atoms with van der Waals surface area (Å²) in [7, 11) is 0. The molecule has 0 N–H and O–H groups in total. The third kappa shape index (κ3) is 1.88. The SMILES string of the molecule is C/C=C/[C@@H]1O[C@H]2C(=C3OC(C)(C)O[C@H]31)C(=O)O[C@H]2C. The van der Waals surface area contributed by atoms with E-state index in [2.05, 4.69) is 0 Å². The summed E-state index contributed by atoms with van der Waals surface area (Å²) in [6.45, 7) is 7.39. The Hall–Kier alpha value is -1.33. The minimum Gasteiger partial charge on any atom is -0.464 e. The van der Waals surface area contributed by atoms with Crippen LogP contribution in [-0.4, -0.2) is 36.2 Å². The van der Waals surface area contributed by atoms with Gasteiger partial charge in [-0.05, 0) is 13.8 Å². The summed E-state index contributed by atoms with van der Waals surface area (Å²) in [6.07, 6.45) is 2.52. The Kier molecular flexibility index (Phi) is 2.73. The molecule has 0 aromatic carbocycles. The Morgan fingerprint density at radius 1 is 1.26 bits per heavy atom. The van der Waals surface area contributed by atoms with Gasteiger partial charge in [0.1, 0.15) is 35.7 Å². The standard InChI is InChI=1S/C14H18O5/c1-5-6-8-11-12(19-14(3,4)18-11)9-10(17-8)7(2)16-13(9)15/h5-8,10-11H,1-4H3/b6-5+/t7-,8-,10+,11-/m0/s1. The van der Waals surface area contributed by atoms with Gasteiger partial charge in [0.15, 0.2) is 0 Å². The molecule has 104 valence electrons. The second-order valence-electron chi connectivity index (χ2n) is 5.48. The Balaban J connectivity index is 2.07. The van der Waals surface area contributed by atoms with E-state index in [1.165, 1.54) is 0 Å². The van der Waals surface area contributed by atoms with Crippen LogP contribution < -0.4 is 0 Å². The van der Waals surface area contributed by atoms with E-state index in [1.807, 2.05) is 39.8 Å².